The standard InChI is InChI=1S/C15H18N2O/c16-10-3-5-13-4-1-2-6-14(13)15(18)17-11-9-12-7-8-12/h1-2,4,6,12H,7-11,16H2,(H,17,18). The molecule has 94 valence electrons. The van der Waals surface area contributed by atoms with Crippen LogP contribution >= 0.6 is 0 Å². The summed E-state index contributed by atoms with van der Waals surface area (Å²) in [5.41, 5.74) is 6.72. The van der Waals surface area contributed by atoms with E-state index in [0.29, 0.717) is 12.1 Å². The summed E-state index contributed by atoms with van der Waals surface area (Å²) in [6.45, 7) is 1.06. The number of carbonyl (C=O) groups excluding carboxylic acids is 1. The first-order valence-electron chi connectivity index (χ1n) is 6.37. The molecule has 3 heteroatoms. The van der Waals surface area contributed by atoms with Gasteiger partial charge in [0.15, 0.2) is 0 Å². The van der Waals surface area contributed by atoms with Crippen LogP contribution in [0.5, 0.6) is 0 Å². The van der Waals surface area contributed by atoms with Gasteiger partial charge in [-0.15, -0.1) is 0 Å². The fraction of sp³-hybridized carbons (Fsp3) is 0.400. The number of hydrogen-bond acceptors (Lipinski definition) is 2. The van der Waals surface area contributed by atoms with Crippen molar-refractivity contribution in [2.75, 3.05) is 13.1 Å². The quantitative estimate of drug-likeness (QED) is 0.787. The molecule has 18 heavy (non-hydrogen) atoms. The molecule has 1 amide bonds. The topological polar surface area (TPSA) is 55.1 Å². The normalized spacial score (nSPS) is 13.6. The fourth-order valence-corrected chi connectivity index (χ4v) is 1.83. The number of nitrogens with two attached hydrogens (primary N) is 1. The molecule has 1 aliphatic rings. The molecule has 0 aromatic heterocycles. The molecule has 3 nitrogen and oxygen atoms in total. The number of rotatable bonds is 4. The molecular formula is C15H18N2O. The molecule has 1 fully saturated rings. The molecule has 0 unspecified atom stereocenters. The van der Waals surface area contributed by atoms with Gasteiger partial charge >= 0.3 is 0 Å². The van der Waals surface area contributed by atoms with Gasteiger partial charge in [0.25, 0.3) is 5.91 Å². The predicted molar refractivity (Wildman–Crippen MR) is 72.0 cm³/mol. The SMILES string of the molecule is NCC#Cc1ccccc1C(=O)NCCC1CC1. The van der Waals surface area contributed by atoms with Crippen LogP contribution in [0.4, 0.5) is 0 Å². The monoisotopic (exact) mass is 242 g/mol. The summed E-state index contributed by atoms with van der Waals surface area (Å²) in [5, 5.41) is 2.95. The molecule has 1 aromatic carbocycles. The maximum Gasteiger partial charge on any atom is 0.252 e. The van der Waals surface area contributed by atoms with Crippen molar-refractivity contribution >= 4 is 5.91 Å². The summed E-state index contributed by atoms with van der Waals surface area (Å²) in [6, 6.07) is 7.37. The average Bonchev–Trinajstić information content (AvgIpc) is 3.20. The third-order valence-corrected chi connectivity index (χ3v) is 3.03. The van der Waals surface area contributed by atoms with Crippen molar-refractivity contribution in [3.63, 3.8) is 0 Å². The molecular weight excluding hydrogens is 224 g/mol. The second-order valence-corrected chi connectivity index (χ2v) is 4.54. The van der Waals surface area contributed by atoms with E-state index >= 15 is 0 Å². The van der Waals surface area contributed by atoms with E-state index in [2.05, 4.69) is 17.2 Å². The van der Waals surface area contributed by atoms with E-state index in [1.165, 1.54) is 12.8 Å². The van der Waals surface area contributed by atoms with Crippen molar-refractivity contribution in [3.05, 3.63) is 35.4 Å². The molecule has 2 rings (SSSR count). The minimum Gasteiger partial charge on any atom is -0.352 e. The van der Waals surface area contributed by atoms with E-state index in [0.717, 1.165) is 24.4 Å². The zero-order chi connectivity index (χ0) is 12.8. The summed E-state index contributed by atoms with van der Waals surface area (Å²) in [6.07, 6.45) is 3.71. The molecule has 0 spiro atoms. The molecule has 0 aliphatic heterocycles. The number of hydrogen-bond donors (Lipinski definition) is 2. The van der Waals surface area contributed by atoms with E-state index in [4.69, 9.17) is 5.73 Å². The lowest BCUT2D eigenvalue weighted by atomic mass is 10.1. The maximum absolute atomic E-state index is 12.0. The van der Waals surface area contributed by atoms with Crippen molar-refractivity contribution in [2.24, 2.45) is 11.7 Å². The van der Waals surface area contributed by atoms with E-state index in [1.54, 1.807) is 6.07 Å². The first-order valence-corrected chi connectivity index (χ1v) is 6.37. The Morgan fingerprint density at radius 3 is 2.89 bits per heavy atom. The van der Waals surface area contributed by atoms with Gasteiger partial charge in [0.1, 0.15) is 0 Å². The lowest BCUT2D eigenvalue weighted by Crippen LogP contribution is -2.25. The Labute approximate surface area is 108 Å². The Morgan fingerprint density at radius 2 is 2.17 bits per heavy atom. The zero-order valence-corrected chi connectivity index (χ0v) is 10.4. The summed E-state index contributed by atoms with van der Waals surface area (Å²) in [5.74, 6) is 6.50. The first-order chi connectivity index (χ1) is 8.81. The molecule has 0 bridgehead atoms. The van der Waals surface area contributed by atoms with Crippen LogP contribution < -0.4 is 11.1 Å². The number of amides is 1. The van der Waals surface area contributed by atoms with E-state index in [-0.39, 0.29) is 5.91 Å². The highest BCUT2D eigenvalue weighted by molar-refractivity contribution is 5.96. The molecule has 1 saturated carbocycles. The van der Waals surface area contributed by atoms with Crippen molar-refractivity contribution < 1.29 is 4.79 Å². The number of nitrogens with one attached hydrogen (secondary N) is 1. The van der Waals surface area contributed by atoms with Crippen LogP contribution in [0.3, 0.4) is 0 Å². The van der Waals surface area contributed by atoms with E-state index in [1.807, 2.05) is 18.2 Å². The van der Waals surface area contributed by atoms with Gasteiger partial charge in [-0.2, -0.15) is 0 Å². The van der Waals surface area contributed by atoms with Crippen molar-refractivity contribution in [1.29, 1.82) is 0 Å². The van der Waals surface area contributed by atoms with Gasteiger partial charge in [-0.05, 0) is 24.5 Å². The Bertz CT molecular complexity index is 481. The third kappa shape index (κ3) is 3.61. The average molecular weight is 242 g/mol. The molecule has 0 atom stereocenters. The van der Waals surface area contributed by atoms with Gasteiger partial charge in [0.05, 0.1) is 12.1 Å². The van der Waals surface area contributed by atoms with Crippen molar-refractivity contribution in [1.82, 2.24) is 5.32 Å². The summed E-state index contributed by atoms with van der Waals surface area (Å²) >= 11 is 0. The Morgan fingerprint density at radius 1 is 1.39 bits per heavy atom. The van der Waals surface area contributed by atoms with Gasteiger partial charge in [-0.25, -0.2) is 0 Å². The van der Waals surface area contributed by atoms with Crippen LogP contribution in [0.2, 0.25) is 0 Å². The molecule has 0 saturated heterocycles. The van der Waals surface area contributed by atoms with Gasteiger partial charge in [-0.3, -0.25) is 4.79 Å². The van der Waals surface area contributed by atoms with Crippen LogP contribution in [0.15, 0.2) is 24.3 Å². The number of carbonyl (C=O) groups is 1. The third-order valence-electron chi connectivity index (χ3n) is 3.03. The number of benzene rings is 1. The second-order valence-electron chi connectivity index (χ2n) is 4.54. The maximum atomic E-state index is 12.0. The smallest absolute Gasteiger partial charge is 0.252 e. The molecule has 0 heterocycles. The fourth-order valence-electron chi connectivity index (χ4n) is 1.83. The highest BCUT2D eigenvalue weighted by Crippen LogP contribution is 2.31. The van der Waals surface area contributed by atoms with Crippen LogP contribution in [-0.2, 0) is 0 Å². The lowest BCUT2D eigenvalue weighted by molar-refractivity contribution is 0.0952. The highest BCUT2D eigenvalue weighted by atomic mass is 16.1. The van der Waals surface area contributed by atoms with E-state index < -0.39 is 0 Å². The highest BCUT2D eigenvalue weighted by Gasteiger charge is 2.20. The van der Waals surface area contributed by atoms with Gasteiger partial charge in [0, 0.05) is 12.1 Å². The van der Waals surface area contributed by atoms with Gasteiger partial charge in [-0.1, -0.05) is 36.8 Å². The second kappa shape index (κ2) is 6.23. The van der Waals surface area contributed by atoms with Crippen LogP contribution in [0, 0.1) is 17.8 Å². The van der Waals surface area contributed by atoms with E-state index in [9.17, 15) is 4.79 Å². The minimum atomic E-state index is -0.0439. The summed E-state index contributed by atoms with van der Waals surface area (Å²) in [4.78, 5) is 12.0. The summed E-state index contributed by atoms with van der Waals surface area (Å²) < 4.78 is 0. The Kier molecular flexibility index (Phi) is 4.38. The van der Waals surface area contributed by atoms with Crippen molar-refractivity contribution in [3.8, 4) is 11.8 Å². The lowest BCUT2D eigenvalue weighted by Gasteiger charge is -2.06. The molecule has 3 N–H and O–H groups in total. The Balaban J connectivity index is 1.98. The molecule has 1 aliphatic carbocycles. The largest absolute Gasteiger partial charge is 0.352 e. The summed E-state index contributed by atoms with van der Waals surface area (Å²) in [7, 11) is 0. The van der Waals surface area contributed by atoms with Crippen molar-refractivity contribution in [2.45, 2.75) is 19.3 Å². The van der Waals surface area contributed by atoms with Crippen LogP contribution in [0.25, 0.3) is 0 Å². The van der Waals surface area contributed by atoms with Gasteiger partial charge < -0.3 is 11.1 Å². The van der Waals surface area contributed by atoms with Crippen LogP contribution in [0.1, 0.15) is 35.2 Å². The van der Waals surface area contributed by atoms with Crippen LogP contribution in [-0.4, -0.2) is 19.0 Å². The molecule has 0 radical (unpaired) electrons. The Hall–Kier alpha value is -1.79. The van der Waals surface area contributed by atoms with Gasteiger partial charge in [0.2, 0.25) is 0 Å². The minimum absolute atomic E-state index is 0.0439. The zero-order valence-electron chi connectivity index (χ0n) is 10.4. The molecule has 1 aromatic rings. The first kappa shape index (κ1) is 12.7. The predicted octanol–water partition coefficient (Wildman–Crippen LogP) is 1.53.